The molecule has 0 aliphatic carbocycles. The first-order chi connectivity index (χ1) is 11.3. The van der Waals surface area contributed by atoms with Crippen LogP contribution < -0.4 is 4.90 Å². The van der Waals surface area contributed by atoms with Crippen LogP contribution in [0.5, 0.6) is 0 Å². The fraction of sp³-hybridized carbons (Fsp3) is 0.667. The first kappa shape index (κ1) is 14.8. The van der Waals surface area contributed by atoms with Crippen molar-refractivity contribution in [1.29, 1.82) is 0 Å². The average Bonchev–Trinajstić information content (AvgIpc) is 2.82. The largest absolute Gasteiger partial charge is 0.379 e. The van der Waals surface area contributed by atoms with Crippen LogP contribution in [0.2, 0.25) is 0 Å². The molecule has 4 rings (SSSR count). The van der Waals surface area contributed by atoms with Crippen LogP contribution in [0.3, 0.4) is 0 Å². The van der Waals surface area contributed by atoms with Gasteiger partial charge in [0.1, 0.15) is 12.1 Å². The molecule has 0 aromatic carbocycles. The molecule has 2 fully saturated rings. The molecule has 0 radical (unpaired) electrons. The standard InChI is InChI=1S/C15H22N6O2/c1-19(6-12-9-22-4-5-23-10-12)13-7-20(8-13)15-3-2-14-17-16-11-21(14)18-15/h2-3,11-13H,4-10H2,1H3. The third kappa shape index (κ3) is 3.15. The Morgan fingerprint density at radius 1 is 1.22 bits per heavy atom. The van der Waals surface area contributed by atoms with Crippen LogP contribution in [0.15, 0.2) is 18.5 Å². The normalized spacial score (nSPS) is 20.9. The van der Waals surface area contributed by atoms with E-state index in [-0.39, 0.29) is 0 Å². The van der Waals surface area contributed by atoms with E-state index in [9.17, 15) is 0 Å². The first-order valence-electron chi connectivity index (χ1n) is 8.07. The van der Waals surface area contributed by atoms with Crippen molar-refractivity contribution < 1.29 is 9.47 Å². The fourth-order valence-electron chi connectivity index (χ4n) is 3.14. The number of anilines is 1. The number of hydrogen-bond donors (Lipinski definition) is 0. The molecule has 124 valence electrons. The molecule has 2 aromatic heterocycles. The Hall–Kier alpha value is -1.77. The summed E-state index contributed by atoms with van der Waals surface area (Å²) in [6, 6.07) is 4.51. The Balaban J connectivity index is 1.31. The molecule has 4 heterocycles. The Kier molecular flexibility index (Phi) is 4.11. The molecule has 0 amide bonds. The molecule has 23 heavy (non-hydrogen) atoms. The Labute approximate surface area is 135 Å². The summed E-state index contributed by atoms with van der Waals surface area (Å²) in [6.07, 6.45) is 1.63. The predicted octanol–water partition coefficient (Wildman–Crippen LogP) is -0.0923. The van der Waals surface area contributed by atoms with E-state index in [1.165, 1.54) is 0 Å². The lowest BCUT2D eigenvalue weighted by molar-refractivity contribution is 0.0917. The predicted molar refractivity (Wildman–Crippen MR) is 84.5 cm³/mol. The summed E-state index contributed by atoms with van der Waals surface area (Å²) in [5.74, 6) is 1.44. The summed E-state index contributed by atoms with van der Waals surface area (Å²) in [5, 5.41) is 12.4. The first-order valence-corrected chi connectivity index (χ1v) is 8.07. The van der Waals surface area contributed by atoms with Gasteiger partial charge in [-0.1, -0.05) is 0 Å². The minimum atomic E-state index is 0.461. The van der Waals surface area contributed by atoms with Gasteiger partial charge in [0.15, 0.2) is 5.65 Å². The third-order valence-electron chi connectivity index (χ3n) is 4.58. The molecular weight excluding hydrogens is 296 g/mol. The molecule has 0 unspecified atom stereocenters. The van der Waals surface area contributed by atoms with E-state index < -0.39 is 0 Å². The van der Waals surface area contributed by atoms with Crippen LogP contribution in [0.1, 0.15) is 0 Å². The highest BCUT2D eigenvalue weighted by molar-refractivity contribution is 5.47. The number of likely N-dealkylation sites (N-methyl/N-ethyl adjacent to an activating group) is 1. The SMILES string of the molecule is CN(CC1COCCOC1)C1CN(c2ccc3nncn3n2)C1. The summed E-state index contributed by atoms with van der Waals surface area (Å²) in [7, 11) is 2.18. The highest BCUT2D eigenvalue weighted by Gasteiger charge is 2.32. The zero-order valence-electron chi connectivity index (χ0n) is 13.3. The van der Waals surface area contributed by atoms with Crippen molar-refractivity contribution in [3.8, 4) is 0 Å². The average molecular weight is 318 g/mol. The van der Waals surface area contributed by atoms with Crippen LogP contribution in [0.25, 0.3) is 5.65 Å². The second-order valence-electron chi connectivity index (χ2n) is 6.34. The van der Waals surface area contributed by atoms with E-state index in [1.54, 1.807) is 10.8 Å². The molecule has 0 bridgehead atoms. The zero-order valence-corrected chi connectivity index (χ0v) is 13.3. The van der Waals surface area contributed by atoms with Gasteiger partial charge in [0, 0.05) is 31.6 Å². The van der Waals surface area contributed by atoms with Gasteiger partial charge in [-0.3, -0.25) is 4.90 Å². The van der Waals surface area contributed by atoms with Gasteiger partial charge in [-0.15, -0.1) is 15.3 Å². The van der Waals surface area contributed by atoms with Crippen molar-refractivity contribution >= 4 is 11.5 Å². The minimum Gasteiger partial charge on any atom is -0.379 e. The Morgan fingerprint density at radius 3 is 2.78 bits per heavy atom. The van der Waals surface area contributed by atoms with Crippen molar-refractivity contribution in [3.05, 3.63) is 18.5 Å². The van der Waals surface area contributed by atoms with Gasteiger partial charge >= 0.3 is 0 Å². The Bertz CT molecular complexity index is 648. The van der Waals surface area contributed by atoms with Gasteiger partial charge in [-0.2, -0.15) is 4.52 Å². The number of ether oxygens (including phenoxy) is 2. The van der Waals surface area contributed by atoms with E-state index in [2.05, 4.69) is 32.1 Å². The van der Waals surface area contributed by atoms with E-state index in [4.69, 9.17) is 9.47 Å². The molecule has 8 nitrogen and oxygen atoms in total. The summed E-state index contributed by atoms with van der Waals surface area (Å²) >= 11 is 0. The van der Waals surface area contributed by atoms with Crippen molar-refractivity contribution in [2.24, 2.45) is 5.92 Å². The van der Waals surface area contributed by atoms with Gasteiger partial charge in [0.05, 0.1) is 26.4 Å². The van der Waals surface area contributed by atoms with Crippen LogP contribution in [0.4, 0.5) is 5.82 Å². The summed E-state index contributed by atoms with van der Waals surface area (Å²) in [6.45, 7) is 6.02. The monoisotopic (exact) mass is 318 g/mol. The van der Waals surface area contributed by atoms with Crippen LogP contribution in [-0.4, -0.2) is 83.9 Å². The molecule has 0 atom stereocenters. The molecule has 0 spiro atoms. The van der Waals surface area contributed by atoms with Crippen molar-refractivity contribution in [2.75, 3.05) is 58.0 Å². The van der Waals surface area contributed by atoms with E-state index in [1.807, 2.05) is 12.1 Å². The van der Waals surface area contributed by atoms with Crippen LogP contribution in [-0.2, 0) is 9.47 Å². The fourth-order valence-corrected chi connectivity index (χ4v) is 3.14. The highest BCUT2D eigenvalue weighted by Crippen LogP contribution is 2.22. The van der Waals surface area contributed by atoms with E-state index >= 15 is 0 Å². The topological polar surface area (TPSA) is 68.0 Å². The molecule has 8 heteroatoms. The lowest BCUT2D eigenvalue weighted by Gasteiger charge is -2.45. The number of rotatable bonds is 4. The van der Waals surface area contributed by atoms with Crippen molar-refractivity contribution in [1.82, 2.24) is 24.7 Å². The lowest BCUT2D eigenvalue weighted by Crippen LogP contribution is -2.59. The highest BCUT2D eigenvalue weighted by atomic mass is 16.5. The van der Waals surface area contributed by atoms with Gasteiger partial charge in [-0.25, -0.2) is 0 Å². The number of nitrogens with zero attached hydrogens (tertiary/aromatic N) is 6. The smallest absolute Gasteiger partial charge is 0.177 e. The van der Waals surface area contributed by atoms with Gasteiger partial charge in [-0.05, 0) is 19.2 Å². The molecule has 0 saturated carbocycles. The maximum absolute atomic E-state index is 5.58. The second kappa shape index (κ2) is 6.38. The van der Waals surface area contributed by atoms with Gasteiger partial charge in [0.25, 0.3) is 0 Å². The third-order valence-corrected chi connectivity index (χ3v) is 4.58. The Morgan fingerprint density at radius 2 is 2.00 bits per heavy atom. The van der Waals surface area contributed by atoms with Gasteiger partial charge in [0.2, 0.25) is 0 Å². The summed E-state index contributed by atoms with van der Waals surface area (Å²) in [5.41, 5.74) is 0.774. The quantitative estimate of drug-likeness (QED) is 0.780. The minimum absolute atomic E-state index is 0.461. The number of fused-ring (bicyclic) bond motifs is 1. The van der Waals surface area contributed by atoms with E-state index in [0.29, 0.717) is 25.2 Å². The summed E-state index contributed by atoms with van der Waals surface area (Å²) in [4.78, 5) is 4.69. The summed E-state index contributed by atoms with van der Waals surface area (Å²) < 4.78 is 12.9. The molecule has 2 aromatic rings. The van der Waals surface area contributed by atoms with E-state index in [0.717, 1.165) is 44.3 Å². The lowest BCUT2D eigenvalue weighted by atomic mass is 10.1. The van der Waals surface area contributed by atoms with Crippen LogP contribution >= 0.6 is 0 Å². The number of aromatic nitrogens is 4. The molecule has 2 aliphatic heterocycles. The molecular formula is C15H22N6O2. The van der Waals surface area contributed by atoms with Gasteiger partial charge < -0.3 is 14.4 Å². The maximum Gasteiger partial charge on any atom is 0.177 e. The zero-order chi connectivity index (χ0) is 15.6. The van der Waals surface area contributed by atoms with Crippen LogP contribution in [0, 0.1) is 5.92 Å². The number of hydrogen-bond acceptors (Lipinski definition) is 7. The maximum atomic E-state index is 5.58. The van der Waals surface area contributed by atoms with Crippen molar-refractivity contribution in [2.45, 2.75) is 6.04 Å². The second-order valence-corrected chi connectivity index (χ2v) is 6.34. The molecule has 2 saturated heterocycles. The molecule has 0 N–H and O–H groups in total. The van der Waals surface area contributed by atoms with Crippen molar-refractivity contribution in [3.63, 3.8) is 0 Å². The molecule has 2 aliphatic rings.